The predicted molar refractivity (Wildman–Crippen MR) is 140 cm³/mol. The van der Waals surface area contributed by atoms with Gasteiger partial charge >= 0.3 is 5.69 Å². The van der Waals surface area contributed by atoms with Crippen LogP contribution in [-0.2, 0) is 6.42 Å². The van der Waals surface area contributed by atoms with Crippen molar-refractivity contribution in [3.8, 4) is 5.75 Å². The van der Waals surface area contributed by atoms with Gasteiger partial charge in [0.25, 0.3) is 5.91 Å². The van der Waals surface area contributed by atoms with Crippen LogP contribution in [0.25, 0.3) is 0 Å². The summed E-state index contributed by atoms with van der Waals surface area (Å²) >= 11 is 3.37. The number of phenols is 1. The van der Waals surface area contributed by atoms with Gasteiger partial charge in [0.2, 0.25) is 5.75 Å². The number of benzene rings is 4. The minimum Gasteiger partial charge on any atom is -0.502 e. The van der Waals surface area contributed by atoms with Crippen LogP contribution in [0.2, 0.25) is 0 Å². The van der Waals surface area contributed by atoms with Crippen molar-refractivity contribution < 1.29 is 14.8 Å². The summed E-state index contributed by atoms with van der Waals surface area (Å²) < 4.78 is 0.680. The molecule has 0 heterocycles. The number of aliphatic imine (C=N–C) groups is 1. The zero-order valence-electron chi connectivity index (χ0n) is 18.4. The maximum absolute atomic E-state index is 12.6. The Morgan fingerprint density at radius 1 is 0.971 bits per heavy atom. The lowest BCUT2D eigenvalue weighted by Gasteiger charge is -2.08. The summed E-state index contributed by atoms with van der Waals surface area (Å²) in [6.07, 6.45) is 1.85. The molecule has 0 atom stereocenters. The first-order valence-corrected chi connectivity index (χ1v) is 11.4. The van der Waals surface area contributed by atoms with E-state index in [1.54, 1.807) is 48.5 Å². The Bertz CT molecular complexity index is 1420. The van der Waals surface area contributed by atoms with Gasteiger partial charge < -0.3 is 10.4 Å². The average Bonchev–Trinajstić information content (AvgIpc) is 2.85. The molecule has 0 aliphatic rings. The Balaban J connectivity index is 1.59. The van der Waals surface area contributed by atoms with Crippen LogP contribution in [0.3, 0.4) is 0 Å². The first-order valence-electron chi connectivity index (χ1n) is 10.6. The van der Waals surface area contributed by atoms with Gasteiger partial charge in [-0.15, -0.1) is 0 Å². The fourth-order valence-corrected chi connectivity index (χ4v) is 3.99. The number of nitrogens with one attached hydrogen (secondary N) is 1. The van der Waals surface area contributed by atoms with Crippen LogP contribution in [0, 0.1) is 10.1 Å². The van der Waals surface area contributed by atoms with E-state index in [1.807, 2.05) is 36.4 Å². The summed E-state index contributed by atoms with van der Waals surface area (Å²) in [5.74, 6) is -0.727. The van der Waals surface area contributed by atoms with Crippen molar-refractivity contribution in [2.45, 2.75) is 6.42 Å². The lowest BCUT2D eigenvalue weighted by molar-refractivity contribution is -0.385. The summed E-state index contributed by atoms with van der Waals surface area (Å²) in [4.78, 5) is 27.8. The molecule has 4 aromatic rings. The van der Waals surface area contributed by atoms with Crippen molar-refractivity contribution in [1.82, 2.24) is 0 Å². The number of carbonyl (C=O) groups excluding carboxylic acids is 1. The number of hydrogen-bond donors (Lipinski definition) is 2. The Morgan fingerprint density at radius 3 is 2.46 bits per heavy atom. The Labute approximate surface area is 210 Å². The Kier molecular flexibility index (Phi) is 7.32. The third kappa shape index (κ3) is 5.99. The molecule has 0 bridgehead atoms. The molecule has 7 nitrogen and oxygen atoms in total. The Hall–Kier alpha value is -4.30. The molecule has 4 aromatic carbocycles. The van der Waals surface area contributed by atoms with E-state index < -0.39 is 10.7 Å². The second kappa shape index (κ2) is 10.8. The number of hydrogen-bond acceptors (Lipinski definition) is 5. The van der Waals surface area contributed by atoms with Gasteiger partial charge in [-0.1, -0.05) is 48.5 Å². The van der Waals surface area contributed by atoms with Gasteiger partial charge in [-0.3, -0.25) is 19.9 Å². The zero-order chi connectivity index (χ0) is 24.8. The lowest BCUT2D eigenvalue weighted by Crippen LogP contribution is -2.12. The van der Waals surface area contributed by atoms with Gasteiger partial charge in [-0.05, 0) is 69.9 Å². The third-order valence-electron chi connectivity index (χ3n) is 5.20. The lowest BCUT2D eigenvalue weighted by atomic mass is 10.0. The molecule has 0 saturated carbocycles. The van der Waals surface area contributed by atoms with E-state index in [9.17, 15) is 20.0 Å². The van der Waals surface area contributed by atoms with Crippen molar-refractivity contribution in [2.24, 2.45) is 4.99 Å². The molecular formula is C27H20BrN3O4. The van der Waals surface area contributed by atoms with E-state index in [0.29, 0.717) is 33.4 Å². The van der Waals surface area contributed by atoms with Gasteiger partial charge in [0.1, 0.15) is 0 Å². The minimum absolute atomic E-state index is 0.229. The van der Waals surface area contributed by atoms with Crippen molar-refractivity contribution in [3.05, 3.63) is 128 Å². The van der Waals surface area contributed by atoms with Crippen molar-refractivity contribution in [3.63, 3.8) is 0 Å². The molecule has 0 aliphatic heterocycles. The number of rotatable bonds is 7. The second-order valence-electron chi connectivity index (χ2n) is 7.71. The number of aromatic hydroxyl groups is 1. The normalized spacial score (nSPS) is 10.9. The van der Waals surface area contributed by atoms with Gasteiger partial charge in [0, 0.05) is 28.0 Å². The van der Waals surface area contributed by atoms with Gasteiger partial charge in [-0.2, -0.15) is 0 Å². The van der Waals surface area contributed by atoms with Crippen LogP contribution in [0.15, 0.2) is 100 Å². The van der Waals surface area contributed by atoms with E-state index in [0.717, 1.165) is 5.56 Å². The van der Waals surface area contributed by atoms with Gasteiger partial charge in [0.15, 0.2) is 0 Å². The van der Waals surface area contributed by atoms with Crippen LogP contribution >= 0.6 is 15.9 Å². The maximum atomic E-state index is 12.6. The fraction of sp³-hybridized carbons (Fsp3) is 0.0370. The number of amides is 1. The Morgan fingerprint density at radius 2 is 1.71 bits per heavy atom. The number of anilines is 1. The molecule has 35 heavy (non-hydrogen) atoms. The first-order chi connectivity index (χ1) is 16.9. The molecule has 8 heteroatoms. The highest BCUT2D eigenvalue weighted by Gasteiger charge is 2.18. The number of halogens is 1. The van der Waals surface area contributed by atoms with Crippen molar-refractivity contribution in [1.29, 1.82) is 0 Å². The van der Waals surface area contributed by atoms with E-state index >= 15 is 0 Å². The van der Waals surface area contributed by atoms with Gasteiger partial charge in [0.05, 0.1) is 16.2 Å². The average molecular weight is 530 g/mol. The SMILES string of the molecule is O=C(Nc1cccc(N=Cc2cc(Cc3ccccc3)cc([N+](=O)[O-])c2O)c1)c1ccccc1Br. The molecule has 174 valence electrons. The number of nitro groups is 1. The molecule has 0 spiro atoms. The van der Waals surface area contributed by atoms with Crippen molar-refractivity contribution >= 4 is 45.1 Å². The molecule has 0 radical (unpaired) electrons. The van der Waals surface area contributed by atoms with Crippen LogP contribution in [0.4, 0.5) is 17.1 Å². The second-order valence-corrected chi connectivity index (χ2v) is 8.57. The molecule has 0 saturated heterocycles. The molecule has 0 aromatic heterocycles. The molecule has 1 amide bonds. The number of phenolic OH excluding ortho intramolecular Hbond substituents is 1. The zero-order valence-corrected chi connectivity index (χ0v) is 20.0. The number of nitrogens with zero attached hydrogens (tertiary/aromatic N) is 2. The fourth-order valence-electron chi connectivity index (χ4n) is 3.52. The number of nitro benzene ring substituents is 1. The summed E-state index contributed by atoms with van der Waals surface area (Å²) in [5, 5.41) is 24.8. The van der Waals surface area contributed by atoms with Crippen molar-refractivity contribution in [2.75, 3.05) is 5.32 Å². The molecular weight excluding hydrogens is 510 g/mol. The van der Waals surface area contributed by atoms with E-state index in [1.165, 1.54) is 12.3 Å². The van der Waals surface area contributed by atoms with Crippen LogP contribution in [0.5, 0.6) is 5.75 Å². The summed E-state index contributed by atoms with van der Waals surface area (Å²) in [7, 11) is 0. The molecule has 2 N–H and O–H groups in total. The summed E-state index contributed by atoms with van der Waals surface area (Å²) in [5.41, 5.74) is 3.05. The van der Waals surface area contributed by atoms with Crippen LogP contribution in [0.1, 0.15) is 27.0 Å². The maximum Gasteiger partial charge on any atom is 0.311 e. The highest BCUT2D eigenvalue weighted by Crippen LogP contribution is 2.32. The molecule has 0 unspecified atom stereocenters. The highest BCUT2D eigenvalue weighted by molar-refractivity contribution is 9.10. The van der Waals surface area contributed by atoms with Crippen LogP contribution in [-0.4, -0.2) is 22.2 Å². The quantitative estimate of drug-likeness (QED) is 0.158. The summed E-state index contributed by atoms with van der Waals surface area (Å²) in [6, 6.07) is 26.6. The molecule has 4 rings (SSSR count). The minimum atomic E-state index is -0.612. The van der Waals surface area contributed by atoms with Gasteiger partial charge in [-0.25, -0.2) is 0 Å². The largest absolute Gasteiger partial charge is 0.502 e. The van der Waals surface area contributed by atoms with E-state index in [2.05, 4.69) is 26.2 Å². The molecule has 0 aliphatic carbocycles. The topological polar surface area (TPSA) is 105 Å². The number of carbonyl (C=O) groups is 1. The first kappa shape index (κ1) is 23.8. The predicted octanol–water partition coefficient (Wildman–Crippen LogP) is 6.66. The third-order valence-corrected chi connectivity index (χ3v) is 5.89. The summed E-state index contributed by atoms with van der Waals surface area (Å²) in [6.45, 7) is 0. The van der Waals surface area contributed by atoms with E-state index in [4.69, 9.17) is 0 Å². The smallest absolute Gasteiger partial charge is 0.311 e. The van der Waals surface area contributed by atoms with E-state index in [-0.39, 0.29) is 17.2 Å². The standard InChI is InChI=1S/C27H20BrN3O4/c28-24-12-5-4-11-23(24)27(33)30-22-10-6-9-21(16-22)29-17-20-14-19(13-18-7-2-1-3-8-18)15-25(26(20)32)31(34)35/h1-12,14-17,32H,13H2,(H,30,33). The highest BCUT2D eigenvalue weighted by atomic mass is 79.9. The van der Waals surface area contributed by atoms with Crippen LogP contribution < -0.4 is 5.32 Å². The monoisotopic (exact) mass is 529 g/mol. The molecule has 0 fully saturated rings.